The van der Waals surface area contributed by atoms with Crippen LogP contribution in [-0.4, -0.2) is 24.8 Å². The Hall–Kier alpha value is -2.22. The van der Waals surface area contributed by atoms with Crippen molar-refractivity contribution in [3.63, 3.8) is 0 Å². The van der Waals surface area contributed by atoms with Gasteiger partial charge in [0.2, 0.25) is 0 Å². The van der Waals surface area contributed by atoms with Crippen LogP contribution in [0.15, 0.2) is 29.2 Å². The standard InChI is InChI=1S/C13H18N4O3S/c1-4-20-11-8-6-5-7-10(11)16-21(18,19)12-9(2)17(3)15-13(12)14/h5-8,16H,4H2,1-3H3,(H2,14,15). The van der Waals surface area contributed by atoms with Gasteiger partial charge in [-0.3, -0.25) is 9.40 Å². The average molecular weight is 310 g/mol. The lowest BCUT2D eigenvalue weighted by Crippen LogP contribution is -2.16. The minimum atomic E-state index is -3.83. The van der Waals surface area contributed by atoms with Crippen molar-refractivity contribution in [2.45, 2.75) is 18.7 Å². The first-order chi connectivity index (χ1) is 9.86. The van der Waals surface area contributed by atoms with Gasteiger partial charge >= 0.3 is 0 Å². The van der Waals surface area contributed by atoms with Crippen LogP contribution >= 0.6 is 0 Å². The summed E-state index contributed by atoms with van der Waals surface area (Å²) in [4.78, 5) is -0.0173. The van der Waals surface area contributed by atoms with Crippen molar-refractivity contribution >= 4 is 21.5 Å². The summed E-state index contributed by atoms with van der Waals surface area (Å²) >= 11 is 0. The second-order valence-electron chi connectivity index (χ2n) is 4.46. The monoisotopic (exact) mass is 310 g/mol. The highest BCUT2D eigenvalue weighted by atomic mass is 32.2. The van der Waals surface area contributed by atoms with Gasteiger partial charge in [-0.25, -0.2) is 8.42 Å². The Kier molecular flexibility index (Phi) is 4.08. The van der Waals surface area contributed by atoms with E-state index < -0.39 is 10.0 Å². The molecule has 1 heterocycles. The number of nitrogen functional groups attached to an aromatic ring is 1. The fourth-order valence-electron chi connectivity index (χ4n) is 1.97. The predicted octanol–water partition coefficient (Wildman–Crippen LogP) is 1.51. The minimum absolute atomic E-state index is 0.0173. The average Bonchev–Trinajstić information content (AvgIpc) is 2.66. The third-order valence-electron chi connectivity index (χ3n) is 3.00. The Bertz CT molecular complexity index is 753. The molecule has 0 unspecified atom stereocenters. The van der Waals surface area contributed by atoms with E-state index in [0.29, 0.717) is 23.7 Å². The quantitative estimate of drug-likeness (QED) is 0.872. The summed E-state index contributed by atoms with van der Waals surface area (Å²) in [6.07, 6.45) is 0. The predicted molar refractivity (Wildman–Crippen MR) is 80.8 cm³/mol. The molecule has 1 aromatic carbocycles. The molecule has 0 aliphatic rings. The normalized spacial score (nSPS) is 11.4. The molecule has 0 fully saturated rings. The first-order valence-electron chi connectivity index (χ1n) is 6.40. The van der Waals surface area contributed by atoms with Crippen molar-refractivity contribution in [1.82, 2.24) is 9.78 Å². The number of hydrogen-bond acceptors (Lipinski definition) is 5. The van der Waals surface area contributed by atoms with Crippen molar-refractivity contribution in [2.24, 2.45) is 7.05 Å². The maximum Gasteiger partial charge on any atom is 0.267 e. The van der Waals surface area contributed by atoms with Gasteiger partial charge < -0.3 is 10.5 Å². The van der Waals surface area contributed by atoms with Gasteiger partial charge in [0.05, 0.1) is 18.0 Å². The maximum atomic E-state index is 12.5. The molecule has 7 nitrogen and oxygen atoms in total. The third kappa shape index (κ3) is 2.94. The largest absolute Gasteiger partial charge is 0.492 e. The fourth-order valence-corrected chi connectivity index (χ4v) is 3.37. The summed E-state index contributed by atoms with van der Waals surface area (Å²) in [6, 6.07) is 6.82. The van der Waals surface area contributed by atoms with E-state index in [2.05, 4.69) is 9.82 Å². The van der Waals surface area contributed by atoms with Gasteiger partial charge in [-0.2, -0.15) is 5.10 Å². The van der Waals surface area contributed by atoms with Crippen molar-refractivity contribution in [2.75, 3.05) is 17.1 Å². The third-order valence-corrected chi connectivity index (χ3v) is 4.53. The van der Waals surface area contributed by atoms with E-state index in [1.807, 2.05) is 6.92 Å². The number of aryl methyl sites for hydroxylation is 1. The van der Waals surface area contributed by atoms with Gasteiger partial charge in [0, 0.05) is 7.05 Å². The van der Waals surface area contributed by atoms with E-state index in [9.17, 15) is 8.42 Å². The van der Waals surface area contributed by atoms with Gasteiger partial charge in [-0.15, -0.1) is 0 Å². The van der Waals surface area contributed by atoms with Gasteiger partial charge in [-0.05, 0) is 26.0 Å². The van der Waals surface area contributed by atoms with Crippen LogP contribution in [0.25, 0.3) is 0 Å². The molecule has 21 heavy (non-hydrogen) atoms. The topological polar surface area (TPSA) is 99.2 Å². The first-order valence-corrected chi connectivity index (χ1v) is 7.89. The second kappa shape index (κ2) is 5.65. The van der Waals surface area contributed by atoms with Crippen LogP contribution in [0.4, 0.5) is 11.5 Å². The molecule has 0 bridgehead atoms. The summed E-state index contributed by atoms with van der Waals surface area (Å²) in [5.41, 5.74) is 6.53. The SMILES string of the molecule is CCOc1ccccc1NS(=O)(=O)c1c(N)nn(C)c1C. The molecule has 0 amide bonds. The lowest BCUT2D eigenvalue weighted by atomic mass is 10.3. The zero-order chi connectivity index (χ0) is 15.6. The molecule has 0 aliphatic heterocycles. The van der Waals surface area contributed by atoms with Crippen LogP contribution < -0.4 is 15.2 Å². The number of anilines is 2. The zero-order valence-corrected chi connectivity index (χ0v) is 12.9. The molecule has 8 heteroatoms. The number of nitrogens with two attached hydrogens (primary N) is 1. The summed E-state index contributed by atoms with van der Waals surface area (Å²) in [5.74, 6) is 0.431. The Morgan fingerprint density at radius 1 is 1.38 bits per heavy atom. The van der Waals surface area contributed by atoms with Crippen LogP contribution in [0, 0.1) is 6.92 Å². The molecule has 2 rings (SSSR count). The number of nitrogens with zero attached hydrogens (tertiary/aromatic N) is 2. The number of ether oxygens (including phenoxy) is 1. The summed E-state index contributed by atoms with van der Waals surface area (Å²) < 4.78 is 34.4. The summed E-state index contributed by atoms with van der Waals surface area (Å²) in [5, 5.41) is 3.92. The van der Waals surface area contributed by atoms with Gasteiger partial charge in [0.15, 0.2) is 10.7 Å². The highest BCUT2D eigenvalue weighted by molar-refractivity contribution is 7.93. The van der Waals surface area contributed by atoms with Crippen LogP contribution in [-0.2, 0) is 17.1 Å². The zero-order valence-electron chi connectivity index (χ0n) is 12.1. The van der Waals surface area contributed by atoms with Gasteiger partial charge in [-0.1, -0.05) is 12.1 Å². The molecule has 1 aromatic heterocycles. The number of aromatic nitrogens is 2. The second-order valence-corrected chi connectivity index (χ2v) is 6.08. The van der Waals surface area contributed by atoms with E-state index in [1.165, 1.54) is 4.68 Å². The van der Waals surface area contributed by atoms with Crippen molar-refractivity contribution < 1.29 is 13.2 Å². The van der Waals surface area contributed by atoms with Gasteiger partial charge in [0.1, 0.15) is 5.75 Å². The van der Waals surface area contributed by atoms with Crippen LogP contribution in [0.3, 0.4) is 0 Å². The molecular formula is C13H18N4O3S. The van der Waals surface area contributed by atoms with Crippen molar-refractivity contribution in [3.05, 3.63) is 30.0 Å². The lowest BCUT2D eigenvalue weighted by Gasteiger charge is -2.12. The molecule has 0 atom stereocenters. The van der Waals surface area contributed by atoms with E-state index >= 15 is 0 Å². The first kappa shape index (κ1) is 15.2. The van der Waals surface area contributed by atoms with Gasteiger partial charge in [0.25, 0.3) is 10.0 Å². The number of sulfonamides is 1. The number of nitrogens with one attached hydrogen (secondary N) is 1. The lowest BCUT2D eigenvalue weighted by molar-refractivity contribution is 0.342. The van der Waals surface area contributed by atoms with E-state index in [-0.39, 0.29) is 10.7 Å². The maximum absolute atomic E-state index is 12.5. The molecular weight excluding hydrogens is 292 g/mol. The molecule has 0 spiro atoms. The Morgan fingerprint density at radius 2 is 2.05 bits per heavy atom. The van der Waals surface area contributed by atoms with Crippen LogP contribution in [0.5, 0.6) is 5.75 Å². The summed E-state index contributed by atoms with van der Waals surface area (Å²) in [7, 11) is -2.20. The number of para-hydroxylation sites is 2. The molecule has 0 aliphatic carbocycles. The van der Waals surface area contributed by atoms with Crippen LogP contribution in [0.2, 0.25) is 0 Å². The van der Waals surface area contributed by atoms with E-state index in [1.54, 1.807) is 38.2 Å². The molecule has 3 N–H and O–H groups in total. The summed E-state index contributed by atoms with van der Waals surface area (Å²) in [6.45, 7) is 3.91. The van der Waals surface area contributed by atoms with Crippen molar-refractivity contribution in [3.8, 4) is 5.75 Å². The Morgan fingerprint density at radius 3 is 2.62 bits per heavy atom. The van der Waals surface area contributed by atoms with Crippen LogP contribution in [0.1, 0.15) is 12.6 Å². The highest BCUT2D eigenvalue weighted by Gasteiger charge is 2.25. The minimum Gasteiger partial charge on any atom is -0.492 e. The smallest absolute Gasteiger partial charge is 0.267 e. The molecule has 0 saturated carbocycles. The Labute approximate surface area is 123 Å². The molecule has 114 valence electrons. The number of hydrogen-bond donors (Lipinski definition) is 2. The van der Waals surface area contributed by atoms with Crippen molar-refractivity contribution in [1.29, 1.82) is 0 Å². The fraction of sp³-hybridized carbons (Fsp3) is 0.308. The Balaban J connectivity index is 2.43. The molecule has 0 radical (unpaired) electrons. The number of benzene rings is 1. The van der Waals surface area contributed by atoms with E-state index in [4.69, 9.17) is 10.5 Å². The molecule has 2 aromatic rings. The highest BCUT2D eigenvalue weighted by Crippen LogP contribution is 2.29. The molecule has 0 saturated heterocycles. The number of rotatable bonds is 5. The van der Waals surface area contributed by atoms with E-state index in [0.717, 1.165) is 0 Å².